The number of hydrogen-bond acceptors (Lipinski definition) is 4. The molecule has 1 N–H and O–H groups in total. The number of nitrogens with zero attached hydrogens (tertiary/aromatic N) is 1. The molecule has 1 aromatic heterocycles. The van der Waals surface area contributed by atoms with Crippen LogP contribution < -0.4 is 9.47 Å². The fraction of sp³-hybridized carbons (Fsp3) is 0.200. The number of carboxylic acids is 1. The van der Waals surface area contributed by atoms with Crippen molar-refractivity contribution in [1.82, 2.24) is 4.98 Å². The first-order valence-electron chi connectivity index (χ1n) is 6.47. The maximum absolute atomic E-state index is 13.3. The summed E-state index contributed by atoms with van der Waals surface area (Å²) >= 11 is 5.01. The molecule has 0 saturated heterocycles. The molecule has 2 aromatic rings. The third kappa shape index (κ3) is 4.53. The normalized spacial score (nSPS) is 12.5. The molecular formula is C15H12ClF2NO4. The first-order valence-corrected chi connectivity index (χ1v) is 6.85. The molecule has 0 fully saturated rings. The zero-order valence-corrected chi connectivity index (χ0v) is 12.6. The zero-order chi connectivity index (χ0) is 17.0. The summed E-state index contributed by atoms with van der Waals surface area (Å²) in [6, 6.07) is 8.22. The molecule has 1 unspecified atom stereocenters. The third-order valence-corrected chi connectivity index (χ3v) is 2.98. The van der Waals surface area contributed by atoms with Crippen LogP contribution in [0.25, 0.3) is 0 Å². The molecule has 23 heavy (non-hydrogen) atoms. The van der Waals surface area contributed by atoms with Gasteiger partial charge in [-0.25, -0.2) is 9.78 Å². The van der Waals surface area contributed by atoms with Gasteiger partial charge in [0.1, 0.15) is 11.5 Å². The Bertz CT molecular complexity index is 689. The number of alkyl halides is 3. The predicted molar refractivity (Wildman–Crippen MR) is 78.2 cm³/mol. The molecule has 122 valence electrons. The Balaban J connectivity index is 2.15. The summed E-state index contributed by atoms with van der Waals surface area (Å²) in [7, 11) is 0. The first-order chi connectivity index (χ1) is 10.8. The molecule has 0 spiro atoms. The number of carbonyl (C=O) groups is 1. The van der Waals surface area contributed by atoms with Crippen LogP contribution in [0, 0.1) is 0 Å². The van der Waals surface area contributed by atoms with Crippen molar-refractivity contribution in [3.63, 3.8) is 0 Å². The molecule has 0 aliphatic carbocycles. The lowest BCUT2D eigenvalue weighted by atomic mass is 10.2. The van der Waals surface area contributed by atoms with Gasteiger partial charge in [-0.3, -0.25) is 0 Å². The van der Waals surface area contributed by atoms with E-state index in [1.807, 2.05) is 0 Å². The standard InChI is InChI=1S/C15H12ClF2NO4/c1-9(14(20)21)22-10-4-6-11(7-5-10)23-13-12(15(16,17)18)3-2-8-19-13/h2-9H,1H3,(H,20,21). The minimum Gasteiger partial charge on any atom is -0.479 e. The van der Waals surface area contributed by atoms with E-state index in [1.54, 1.807) is 0 Å². The molecule has 1 atom stereocenters. The number of aliphatic carboxylic acids is 1. The maximum atomic E-state index is 13.3. The molecule has 1 heterocycles. The van der Waals surface area contributed by atoms with Crippen molar-refractivity contribution in [3.05, 3.63) is 48.2 Å². The number of aromatic nitrogens is 1. The third-order valence-electron chi connectivity index (χ3n) is 2.78. The fourth-order valence-corrected chi connectivity index (χ4v) is 1.78. The van der Waals surface area contributed by atoms with E-state index >= 15 is 0 Å². The lowest BCUT2D eigenvalue weighted by Crippen LogP contribution is -2.22. The smallest absolute Gasteiger partial charge is 0.353 e. The molecule has 5 nitrogen and oxygen atoms in total. The van der Waals surface area contributed by atoms with Crippen LogP contribution >= 0.6 is 11.6 Å². The first kappa shape index (κ1) is 17.0. The van der Waals surface area contributed by atoms with E-state index in [-0.39, 0.29) is 11.6 Å². The molecule has 8 heteroatoms. The minimum atomic E-state index is -3.61. The van der Waals surface area contributed by atoms with E-state index < -0.39 is 23.0 Å². The van der Waals surface area contributed by atoms with Gasteiger partial charge >= 0.3 is 11.4 Å². The Morgan fingerprint density at radius 1 is 1.26 bits per heavy atom. The van der Waals surface area contributed by atoms with Gasteiger partial charge in [-0.05, 0) is 54.9 Å². The van der Waals surface area contributed by atoms with Crippen LogP contribution in [-0.4, -0.2) is 22.2 Å². The second-order valence-electron chi connectivity index (χ2n) is 4.53. The van der Waals surface area contributed by atoms with Crippen molar-refractivity contribution < 1.29 is 28.2 Å². The number of carboxylic acid groups (broad SMARTS) is 1. The van der Waals surface area contributed by atoms with Crippen LogP contribution in [0.4, 0.5) is 8.78 Å². The maximum Gasteiger partial charge on any atom is 0.353 e. The Morgan fingerprint density at radius 2 is 1.87 bits per heavy atom. The van der Waals surface area contributed by atoms with Crippen LogP contribution in [-0.2, 0) is 10.2 Å². The summed E-state index contributed by atoms with van der Waals surface area (Å²) in [5, 5.41) is 5.15. The van der Waals surface area contributed by atoms with Crippen molar-refractivity contribution in [1.29, 1.82) is 0 Å². The SMILES string of the molecule is CC(Oc1ccc(Oc2ncccc2C(F)(F)Cl)cc1)C(=O)O. The second-order valence-corrected chi connectivity index (χ2v) is 5.00. The van der Waals surface area contributed by atoms with Crippen LogP contribution in [0.5, 0.6) is 17.4 Å². The van der Waals surface area contributed by atoms with Crippen molar-refractivity contribution in [2.75, 3.05) is 0 Å². The van der Waals surface area contributed by atoms with E-state index in [4.69, 9.17) is 26.2 Å². The molecule has 0 saturated carbocycles. The average molecular weight is 344 g/mol. The van der Waals surface area contributed by atoms with Gasteiger partial charge in [0.05, 0.1) is 5.56 Å². The van der Waals surface area contributed by atoms with Crippen LogP contribution in [0.2, 0.25) is 0 Å². The summed E-state index contributed by atoms with van der Waals surface area (Å²) < 4.78 is 37.0. The van der Waals surface area contributed by atoms with Crippen LogP contribution in [0.15, 0.2) is 42.6 Å². The fourth-order valence-electron chi connectivity index (χ4n) is 1.64. The summed E-state index contributed by atoms with van der Waals surface area (Å²) in [6.07, 6.45) is 0.284. The van der Waals surface area contributed by atoms with Gasteiger partial charge in [-0.1, -0.05) is 0 Å². The highest BCUT2D eigenvalue weighted by Gasteiger charge is 2.32. The monoisotopic (exact) mass is 343 g/mol. The quantitative estimate of drug-likeness (QED) is 0.802. The van der Waals surface area contributed by atoms with E-state index in [9.17, 15) is 13.6 Å². The summed E-state index contributed by atoms with van der Waals surface area (Å²) in [6.45, 7) is 1.38. The van der Waals surface area contributed by atoms with Crippen molar-refractivity contribution in [3.8, 4) is 17.4 Å². The predicted octanol–water partition coefficient (Wildman–Crippen LogP) is 4.01. The van der Waals surface area contributed by atoms with Gasteiger partial charge < -0.3 is 14.6 Å². The summed E-state index contributed by atoms with van der Waals surface area (Å²) in [5.41, 5.74) is -0.554. The van der Waals surface area contributed by atoms with Gasteiger partial charge in [-0.15, -0.1) is 0 Å². The van der Waals surface area contributed by atoms with Gasteiger partial charge in [0.25, 0.3) is 0 Å². The van der Waals surface area contributed by atoms with E-state index in [0.717, 1.165) is 6.07 Å². The Labute approximate surface area is 135 Å². The number of rotatable bonds is 6. The number of halogens is 3. The molecule has 1 aromatic carbocycles. The van der Waals surface area contributed by atoms with Crippen LogP contribution in [0.1, 0.15) is 12.5 Å². The van der Waals surface area contributed by atoms with Crippen molar-refractivity contribution in [2.45, 2.75) is 18.4 Å². The number of pyridine rings is 1. The van der Waals surface area contributed by atoms with E-state index in [2.05, 4.69) is 4.98 Å². The number of benzene rings is 1. The Hall–Kier alpha value is -2.41. The van der Waals surface area contributed by atoms with E-state index in [0.29, 0.717) is 5.75 Å². The Morgan fingerprint density at radius 3 is 2.43 bits per heavy atom. The van der Waals surface area contributed by atoms with Crippen molar-refractivity contribution in [2.24, 2.45) is 0 Å². The van der Waals surface area contributed by atoms with Gasteiger partial charge in [0.2, 0.25) is 5.88 Å². The highest BCUT2D eigenvalue weighted by molar-refractivity contribution is 6.22. The zero-order valence-electron chi connectivity index (χ0n) is 11.9. The lowest BCUT2D eigenvalue weighted by molar-refractivity contribution is -0.144. The average Bonchev–Trinajstić information content (AvgIpc) is 2.48. The molecule has 0 bridgehead atoms. The number of ether oxygens (including phenoxy) is 2. The molecule has 0 amide bonds. The van der Waals surface area contributed by atoms with Gasteiger partial charge in [0.15, 0.2) is 6.10 Å². The Kier molecular flexibility index (Phi) is 5.00. The summed E-state index contributed by atoms with van der Waals surface area (Å²) in [5.74, 6) is -0.898. The summed E-state index contributed by atoms with van der Waals surface area (Å²) in [4.78, 5) is 14.4. The second kappa shape index (κ2) is 6.78. The topological polar surface area (TPSA) is 68.7 Å². The highest BCUT2D eigenvalue weighted by Crippen LogP contribution is 2.38. The highest BCUT2D eigenvalue weighted by atomic mass is 35.5. The number of hydrogen-bond donors (Lipinski definition) is 1. The molecule has 0 aliphatic rings. The lowest BCUT2D eigenvalue weighted by Gasteiger charge is -2.14. The molecule has 2 rings (SSSR count). The molecule has 0 radical (unpaired) electrons. The largest absolute Gasteiger partial charge is 0.479 e. The molecule has 0 aliphatic heterocycles. The van der Waals surface area contributed by atoms with Crippen LogP contribution in [0.3, 0.4) is 0 Å². The minimum absolute atomic E-state index is 0.223. The molecular weight excluding hydrogens is 332 g/mol. The van der Waals surface area contributed by atoms with E-state index in [1.165, 1.54) is 43.5 Å². The van der Waals surface area contributed by atoms with Gasteiger partial charge in [-0.2, -0.15) is 8.78 Å². The van der Waals surface area contributed by atoms with Gasteiger partial charge in [0, 0.05) is 6.20 Å². The van der Waals surface area contributed by atoms with Crippen molar-refractivity contribution >= 4 is 17.6 Å².